The fourth-order valence-corrected chi connectivity index (χ4v) is 3.99. The number of hydrogen-bond acceptors (Lipinski definition) is 4. The summed E-state index contributed by atoms with van der Waals surface area (Å²) >= 11 is 1.77. The van der Waals surface area contributed by atoms with E-state index in [0.29, 0.717) is 12.0 Å². The number of thiophene rings is 1. The third-order valence-electron chi connectivity index (χ3n) is 4.82. The average molecular weight is 480 g/mol. The van der Waals surface area contributed by atoms with Gasteiger partial charge in [0.1, 0.15) is 0 Å². The minimum atomic E-state index is 0. The quantitative estimate of drug-likeness (QED) is 0.341. The third kappa shape index (κ3) is 7.40. The molecule has 0 aromatic carbocycles. The second kappa shape index (κ2) is 12.9. The van der Waals surface area contributed by atoms with Gasteiger partial charge in [-0.3, -0.25) is 9.89 Å². The fourth-order valence-electron chi connectivity index (χ4n) is 3.34. The molecule has 0 bridgehead atoms. The molecule has 0 aliphatic carbocycles. The zero-order valence-corrected chi connectivity index (χ0v) is 18.8. The van der Waals surface area contributed by atoms with Crippen LogP contribution in [0.2, 0.25) is 0 Å². The van der Waals surface area contributed by atoms with Crippen molar-refractivity contribution in [2.75, 3.05) is 39.9 Å². The number of morpholine rings is 1. The molecular weight excluding hydrogens is 447 g/mol. The maximum Gasteiger partial charge on any atom is 0.191 e. The van der Waals surface area contributed by atoms with Crippen LogP contribution >= 0.6 is 35.3 Å². The number of nitrogens with one attached hydrogen (secondary N) is 2. The van der Waals surface area contributed by atoms with Crippen LogP contribution in [-0.2, 0) is 11.3 Å². The summed E-state index contributed by atoms with van der Waals surface area (Å²) in [5.74, 6) is 1.58. The van der Waals surface area contributed by atoms with Crippen LogP contribution in [-0.4, -0.2) is 56.8 Å². The summed E-state index contributed by atoms with van der Waals surface area (Å²) < 4.78 is 5.53. The number of aliphatic imine (C=N–C) groups is 1. The predicted molar refractivity (Wildman–Crippen MR) is 118 cm³/mol. The lowest BCUT2D eigenvalue weighted by Crippen LogP contribution is -2.53. The molecule has 2 heterocycles. The first-order chi connectivity index (χ1) is 11.8. The molecule has 25 heavy (non-hydrogen) atoms. The SMILES string of the molecule is CCC(CC)C(CNC(=NC)NCc1cccs1)N1CCOCC1.I. The highest BCUT2D eigenvalue weighted by Crippen LogP contribution is 2.19. The molecule has 0 spiro atoms. The second-order valence-electron chi connectivity index (χ2n) is 6.18. The molecular formula is C18H33IN4OS. The van der Waals surface area contributed by atoms with Gasteiger partial charge in [-0.15, -0.1) is 35.3 Å². The van der Waals surface area contributed by atoms with E-state index in [4.69, 9.17) is 4.74 Å². The third-order valence-corrected chi connectivity index (χ3v) is 5.70. The van der Waals surface area contributed by atoms with Crippen LogP contribution in [0, 0.1) is 5.92 Å². The molecule has 144 valence electrons. The molecule has 2 rings (SSSR count). The van der Waals surface area contributed by atoms with E-state index in [2.05, 4.69) is 51.9 Å². The van der Waals surface area contributed by atoms with Gasteiger partial charge < -0.3 is 15.4 Å². The number of ether oxygens (including phenoxy) is 1. The first-order valence-corrected chi connectivity index (χ1v) is 9.95. The second-order valence-corrected chi connectivity index (χ2v) is 7.21. The van der Waals surface area contributed by atoms with Crippen LogP contribution in [0.1, 0.15) is 31.6 Å². The number of nitrogens with zero attached hydrogens (tertiary/aromatic N) is 2. The van der Waals surface area contributed by atoms with Crippen LogP contribution in [0.15, 0.2) is 22.5 Å². The Labute approximate surface area is 173 Å². The number of rotatable bonds is 8. The topological polar surface area (TPSA) is 48.9 Å². The summed E-state index contributed by atoms with van der Waals surface area (Å²) in [5.41, 5.74) is 0. The zero-order valence-electron chi connectivity index (χ0n) is 15.7. The van der Waals surface area contributed by atoms with Crippen molar-refractivity contribution in [3.05, 3.63) is 22.4 Å². The molecule has 1 aromatic heterocycles. The molecule has 1 unspecified atom stereocenters. The average Bonchev–Trinajstić information content (AvgIpc) is 3.15. The van der Waals surface area contributed by atoms with Gasteiger partial charge in [-0.1, -0.05) is 32.8 Å². The Bertz CT molecular complexity index is 473. The molecule has 0 amide bonds. The van der Waals surface area contributed by atoms with Crippen molar-refractivity contribution in [3.63, 3.8) is 0 Å². The van der Waals surface area contributed by atoms with Crippen molar-refractivity contribution in [2.45, 2.75) is 39.3 Å². The molecule has 1 fully saturated rings. The Kier molecular flexibility index (Phi) is 11.7. The van der Waals surface area contributed by atoms with E-state index >= 15 is 0 Å². The summed E-state index contributed by atoms with van der Waals surface area (Å²) in [7, 11) is 1.84. The molecule has 5 nitrogen and oxygen atoms in total. The molecule has 1 aliphatic rings. The summed E-state index contributed by atoms with van der Waals surface area (Å²) in [6.45, 7) is 10.1. The standard InChI is InChI=1S/C18H32N4OS.HI/c1-4-15(5-2)17(22-8-10-23-11-9-22)14-21-18(19-3)20-13-16-7-6-12-24-16;/h6-7,12,15,17H,4-5,8-11,13-14H2,1-3H3,(H2,19,20,21);1H. The minimum Gasteiger partial charge on any atom is -0.379 e. The van der Waals surface area contributed by atoms with E-state index in [-0.39, 0.29) is 24.0 Å². The highest BCUT2D eigenvalue weighted by Gasteiger charge is 2.26. The first-order valence-electron chi connectivity index (χ1n) is 9.07. The van der Waals surface area contributed by atoms with Gasteiger partial charge in [0, 0.05) is 37.6 Å². The number of guanidine groups is 1. The first kappa shape index (κ1) is 22.7. The predicted octanol–water partition coefficient (Wildman–Crippen LogP) is 3.17. The van der Waals surface area contributed by atoms with Crippen molar-refractivity contribution in [3.8, 4) is 0 Å². The number of hydrogen-bond donors (Lipinski definition) is 2. The highest BCUT2D eigenvalue weighted by atomic mass is 127. The van der Waals surface area contributed by atoms with Crippen LogP contribution < -0.4 is 10.6 Å². The summed E-state index contributed by atoms with van der Waals surface area (Å²) in [6.07, 6.45) is 2.42. The Hall–Kier alpha value is -0.380. The van der Waals surface area contributed by atoms with Crippen LogP contribution in [0.3, 0.4) is 0 Å². The Balaban J connectivity index is 0.00000312. The minimum absolute atomic E-state index is 0. The van der Waals surface area contributed by atoms with Crippen LogP contribution in [0.4, 0.5) is 0 Å². The zero-order chi connectivity index (χ0) is 17.2. The molecule has 0 saturated carbocycles. The van der Waals surface area contributed by atoms with Gasteiger partial charge in [0.05, 0.1) is 19.8 Å². The van der Waals surface area contributed by atoms with Crippen molar-refractivity contribution in [1.82, 2.24) is 15.5 Å². The van der Waals surface area contributed by atoms with E-state index in [1.165, 1.54) is 17.7 Å². The summed E-state index contributed by atoms with van der Waals surface area (Å²) in [4.78, 5) is 8.28. The van der Waals surface area contributed by atoms with Crippen molar-refractivity contribution >= 4 is 41.3 Å². The largest absolute Gasteiger partial charge is 0.379 e. The highest BCUT2D eigenvalue weighted by molar-refractivity contribution is 14.0. The van der Waals surface area contributed by atoms with Crippen molar-refractivity contribution in [2.24, 2.45) is 10.9 Å². The maximum absolute atomic E-state index is 5.53. The van der Waals surface area contributed by atoms with Gasteiger partial charge >= 0.3 is 0 Å². The van der Waals surface area contributed by atoms with E-state index in [9.17, 15) is 0 Å². The normalized spacial score (nSPS) is 17.2. The molecule has 0 radical (unpaired) electrons. The van der Waals surface area contributed by atoms with E-state index in [1.807, 2.05) is 7.05 Å². The van der Waals surface area contributed by atoms with Gasteiger partial charge in [0.25, 0.3) is 0 Å². The fraction of sp³-hybridized carbons (Fsp3) is 0.722. The van der Waals surface area contributed by atoms with Crippen LogP contribution in [0.5, 0.6) is 0 Å². The van der Waals surface area contributed by atoms with Gasteiger partial charge in [0.15, 0.2) is 5.96 Å². The Morgan fingerprint density at radius 2 is 2.00 bits per heavy atom. The lowest BCUT2D eigenvalue weighted by atomic mass is 9.92. The van der Waals surface area contributed by atoms with Crippen LogP contribution in [0.25, 0.3) is 0 Å². The summed E-state index contributed by atoms with van der Waals surface area (Å²) in [5, 5.41) is 9.06. The molecule has 2 N–H and O–H groups in total. The molecule has 1 saturated heterocycles. The lowest BCUT2D eigenvalue weighted by Gasteiger charge is -2.39. The molecule has 7 heteroatoms. The smallest absolute Gasteiger partial charge is 0.191 e. The van der Waals surface area contributed by atoms with E-state index in [0.717, 1.165) is 45.4 Å². The van der Waals surface area contributed by atoms with Gasteiger partial charge in [0.2, 0.25) is 0 Å². The molecule has 1 aliphatic heterocycles. The lowest BCUT2D eigenvalue weighted by molar-refractivity contribution is 0.00272. The van der Waals surface area contributed by atoms with Gasteiger partial charge in [-0.2, -0.15) is 0 Å². The monoisotopic (exact) mass is 480 g/mol. The van der Waals surface area contributed by atoms with Crippen molar-refractivity contribution in [1.29, 1.82) is 0 Å². The molecule has 1 aromatic rings. The maximum atomic E-state index is 5.53. The Morgan fingerprint density at radius 3 is 2.56 bits per heavy atom. The van der Waals surface area contributed by atoms with Gasteiger partial charge in [-0.25, -0.2) is 0 Å². The summed E-state index contributed by atoms with van der Waals surface area (Å²) in [6, 6.07) is 4.76. The van der Waals surface area contributed by atoms with E-state index < -0.39 is 0 Å². The van der Waals surface area contributed by atoms with Crippen molar-refractivity contribution < 1.29 is 4.74 Å². The van der Waals surface area contributed by atoms with E-state index in [1.54, 1.807) is 11.3 Å². The Morgan fingerprint density at radius 1 is 1.28 bits per heavy atom. The van der Waals surface area contributed by atoms with Gasteiger partial charge in [-0.05, 0) is 17.4 Å². The number of halogens is 1. The molecule has 1 atom stereocenters.